The maximum atomic E-state index is 11.2. The number of thiazole rings is 1. The zero-order valence-electron chi connectivity index (χ0n) is 9.88. The van der Waals surface area contributed by atoms with Gasteiger partial charge in [-0.1, -0.05) is 18.5 Å². The topological polar surface area (TPSA) is 107 Å². The maximum absolute atomic E-state index is 11.2. The van der Waals surface area contributed by atoms with E-state index in [0.29, 0.717) is 18.1 Å². The van der Waals surface area contributed by atoms with Crippen LogP contribution in [0.15, 0.2) is 10.5 Å². The second kappa shape index (κ2) is 7.38. The third-order valence-electron chi connectivity index (χ3n) is 1.91. The maximum Gasteiger partial charge on any atom is 0.273 e. The van der Waals surface area contributed by atoms with E-state index < -0.39 is 5.91 Å². The van der Waals surface area contributed by atoms with Crippen molar-refractivity contribution < 1.29 is 14.4 Å². The highest BCUT2D eigenvalue weighted by atomic mass is 32.1. The second-order valence-electron chi connectivity index (χ2n) is 3.29. The number of carbonyl (C=O) groups excluding carboxylic acids is 2. The summed E-state index contributed by atoms with van der Waals surface area (Å²) in [5.74, 6) is -0.727. The Morgan fingerprint density at radius 1 is 1.72 bits per heavy atom. The van der Waals surface area contributed by atoms with Gasteiger partial charge in [-0.05, 0) is 6.42 Å². The third kappa shape index (κ3) is 4.13. The number of hydrogen-bond donors (Lipinski definition) is 2. The molecule has 0 aliphatic carbocycles. The summed E-state index contributed by atoms with van der Waals surface area (Å²) in [5.41, 5.74) is 5.42. The van der Waals surface area contributed by atoms with Crippen molar-refractivity contribution in [2.24, 2.45) is 10.9 Å². The SMILES string of the molecule is CCCCON=C(C(N)=O)c1csc(NC=O)n1. The molecular formula is C10H14N4O3S. The van der Waals surface area contributed by atoms with Gasteiger partial charge in [0.2, 0.25) is 6.41 Å². The Bertz CT molecular complexity index is 444. The number of nitrogens with zero attached hydrogens (tertiary/aromatic N) is 2. The molecule has 0 unspecified atom stereocenters. The van der Waals surface area contributed by atoms with E-state index in [-0.39, 0.29) is 11.4 Å². The molecule has 7 nitrogen and oxygen atoms in total. The van der Waals surface area contributed by atoms with Crippen LogP contribution in [-0.2, 0) is 14.4 Å². The molecule has 0 radical (unpaired) electrons. The van der Waals surface area contributed by atoms with Gasteiger partial charge in [0.25, 0.3) is 5.91 Å². The molecule has 2 amide bonds. The van der Waals surface area contributed by atoms with Crippen LogP contribution in [0.25, 0.3) is 0 Å². The first-order chi connectivity index (χ1) is 8.69. The summed E-state index contributed by atoms with van der Waals surface area (Å²) in [6.45, 7) is 2.43. The molecule has 0 saturated carbocycles. The van der Waals surface area contributed by atoms with Gasteiger partial charge >= 0.3 is 0 Å². The van der Waals surface area contributed by atoms with Gasteiger partial charge in [-0.15, -0.1) is 11.3 Å². The number of anilines is 1. The molecule has 1 heterocycles. The predicted octanol–water partition coefficient (Wildman–Crippen LogP) is 0.718. The number of rotatable bonds is 8. The van der Waals surface area contributed by atoms with Crippen LogP contribution in [0.2, 0.25) is 0 Å². The van der Waals surface area contributed by atoms with E-state index in [4.69, 9.17) is 10.6 Å². The van der Waals surface area contributed by atoms with Crippen LogP contribution in [0.4, 0.5) is 5.13 Å². The van der Waals surface area contributed by atoms with Crippen LogP contribution in [0.1, 0.15) is 25.5 Å². The Morgan fingerprint density at radius 3 is 3.11 bits per heavy atom. The van der Waals surface area contributed by atoms with Crippen molar-refractivity contribution in [3.05, 3.63) is 11.1 Å². The molecule has 0 aromatic carbocycles. The van der Waals surface area contributed by atoms with Gasteiger partial charge in [0, 0.05) is 5.38 Å². The van der Waals surface area contributed by atoms with Crippen LogP contribution in [0.3, 0.4) is 0 Å². The number of aromatic nitrogens is 1. The van der Waals surface area contributed by atoms with Crippen molar-refractivity contribution in [2.75, 3.05) is 11.9 Å². The summed E-state index contributed by atoms with van der Waals surface area (Å²) in [7, 11) is 0. The molecule has 0 aliphatic rings. The molecule has 18 heavy (non-hydrogen) atoms. The van der Waals surface area contributed by atoms with Crippen molar-refractivity contribution in [1.82, 2.24) is 4.98 Å². The van der Waals surface area contributed by atoms with E-state index in [1.807, 2.05) is 6.92 Å². The Labute approximate surface area is 108 Å². The summed E-state index contributed by atoms with van der Waals surface area (Å²) < 4.78 is 0. The lowest BCUT2D eigenvalue weighted by Crippen LogP contribution is -2.25. The highest BCUT2D eigenvalue weighted by Crippen LogP contribution is 2.15. The van der Waals surface area contributed by atoms with E-state index in [2.05, 4.69) is 15.5 Å². The van der Waals surface area contributed by atoms with Crippen molar-refractivity contribution >= 4 is 34.5 Å². The summed E-state index contributed by atoms with van der Waals surface area (Å²) in [6.07, 6.45) is 2.30. The molecule has 0 saturated heterocycles. The van der Waals surface area contributed by atoms with Gasteiger partial charge in [-0.3, -0.25) is 9.59 Å². The minimum atomic E-state index is -0.727. The Balaban J connectivity index is 2.76. The fourth-order valence-electron chi connectivity index (χ4n) is 1.04. The van der Waals surface area contributed by atoms with E-state index in [1.165, 1.54) is 11.3 Å². The van der Waals surface area contributed by atoms with Gasteiger partial charge < -0.3 is 15.9 Å². The summed E-state index contributed by atoms with van der Waals surface area (Å²) in [4.78, 5) is 30.4. The van der Waals surface area contributed by atoms with E-state index in [0.717, 1.165) is 12.8 Å². The average molecular weight is 270 g/mol. The van der Waals surface area contributed by atoms with E-state index in [9.17, 15) is 9.59 Å². The molecule has 1 aromatic rings. The Kier molecular flexibility index (Phi) is 5.78. The highest BCUT2D eigenvalue weighted by Gasteiger charge is 2.15. The summed E-state index contributed by atoms with van der Waals surface area (Å²) in [6, 6.07) is 0. The summed E-state index contributed by atoms with van der Waals surface area (Å²) in [5, 5.41) is 7.98. The first-order valence-corrected chi connectivity index (χ1v) is 6.22. The minimum Gasteiger partial charge on any atom is -0.395 e. The molecule has 0 bridgehead atoms. The van der Waals surface area contributed by atoms with Crippen LogP contribution in [-0.4, -0.2) is 29.6 Å². The molecule has 3 N–H and O–H groups in total. The molecule has 0 fully saturated rings. The van der Waals surface area contributed by atoms with Gasteiger partial charge in [0.15, 0.2) is 10.8 Å². The number of oxime groups is 1. The normalized spacial score (nSPS) is 11.1. The minimum absolute atomic E-state index is 0.0543. The lowest BCUT2D eigenvalue weighted by atomic mass is 10.3. The van der Waals surface area contributed by atoms with Crippen LogP contribution < -0.4 is 11.1 Å². The lowest BCUT2D eigenvalue weighted by Gasteiger charge is -2.00. The smallest absolute Gasteiger partial charge is 0.273 e. The largest absolute Gasteiger partial charge is 0.395 e. The lowest BCUT2D eigenvalue weighted by molar-refractivity contribution is -0.112. The van der Waals surface area contributed by atoms with Gasteiger partial charge in [0.1, 0.15) is 12.3 Å². The number of primary amides is 1. The van der Waals surface area contributed by atoms with Crippen molar-refractivity contribution in [3.8, 4) is 0 Å². The molecule has 0 aliphatic heterocycles. The van der Waals surface area contributed by atoms with E-state index >= 15 is 0 Å². The second-order valence-corrected chi connectivity index (χ2v) is 4.15. The molecule has 0 atom stereocenters. The monoisotopic (exact) mass is 270 g/mol. The third-order valence-corrected chi connectivity index (χ3v) is 2.68. The zero-order chi connectivity index (χ0) is 13.4. The number of nitrogens with two attached hydrogens (primary N) is 1. The van der Waals surface area contributed by atoms with Crippen molar-refractivity contribution in [1.29, 1.82) is 0 Å². The first-order valence-electron chi connectivity index (χ1n) is 5.34. The molecule has 98 valence electrons. The fraction of sp³-hybridized carbons (Fsp3) is 0.400. The zero-order valence-corrected chi connectivity index (χ0v) is 10.7. The quantitative estimate of drug-likeness (QED) is 0.314. The number of carbonyl (C=O) groups is 2. The number of nitrogens with one attached hydrogen (secondary N) is 1. The Morgan fingerprint density at radius 2 is 2.50 bits per heavy atom. The van der Waals surface area contributed by atoms with Crippen LogP contribution in [0, 0.1) is 0 Å². The van der Waals surface area contributed by atoms with Crippen LogP contribution >= 0.6 is 11.3 Å². The fourth-order valence-corrected chi connectivity index (χ4v) is 1.69. The number of amides is 2. The summed E-state index contributed by atoms with van der Waals surface area (Å²) >= 11 is 1.17. The molecule has 1 rings (SSSR count). The molecule has 8 heteroatoms. The van der Waals surface area contributed by atoms with Crippen LogP contribution in [0.5, 0.6) is 0 Å². The molecular weight excluding hydrogens is 256 g/mol. The van der Waals surface area contributed by atoms with Gasteiger partial charge in [-0.2, -0.15) is 0 Å². The van der Waals surface area contributed by atoms with E-state index in [1.54, 1.807) is 5.38 Å². The highest BCUT2D eigenvalue weighted by molar-refractivity contribution is 7.14. The first kappa shape index (κ1) is 14.1. The standard InChI is InChI=1S/C10H14N4O3S/c1-2-3-4-17-14-8(9(11)16)7-5-18-10(13-7)12-6-15/h5-6H,2-4H2,1H3,(H2,11,16)(H,12,13,15). The van der Waals surface area contributed by atoms with Crippen molar-refractivity contribution in [2.45, 2.75) is 19.8 Å². The molecule has 0 spiro atoms. The number of hydrogen-bond acceptors (Lipinski definition) is 6. The molecule has 1 aromatic heterocycles. The van der Waals surface area contributed by atoms with Gasteiger partial charge in [0.05, 0.1) is 0 Å². The average Bonchev–Trinajstić information content (AvgIpc) is 2.77. The van der Waals surface area contributed by atoms with Crippen molar-refractivity contribution in [3.63, 3.8) is 0 Å². The number of unbranched alkanes of at least 4 members (excludes halogenated alkanes) is 1. The predicted molar refractivity (Wildman–Crippen MR) is 68.4 cm³/mol. The van der Waals surface area contributed by atoms with Gasteiger partial charge in [-0.25, -0.2) is 4.98 Å². The Hall–Kier alpha value is -1.96.